The minimum atomic E-state index is -0.809. The van der Waals surface area contributed by atoms with Gasteiger partial charge in [0.1, 0.15) is 12.9 Å². The van der Waals surface area contributed by atoms with Crippen LogP contribution in [0.15, 0.2) is 97.6 Å². The number of ether oxygens (including phenoxy) is 6. The van der Waals surface area contributed by atoms with Gasteiger partial charge in [-0.2, -0.15) is 0 Å². The maximum atomic E-state index is 7.06. The Morgan fingerprint density at radius 2 is 1.49 bits per heavy atom. The van der Waals surface area contributed by atoms with E-state index in [0.717, 1.165) is 11.1 Å². The number of methoxy groups -OCH3 is 1. The van der Waals surface area contributed by atoms with E-state index in [4.69, 9.17) is 28.4 Å². The van der Waals surface area contributed by atoms with Crippen molar-refractivity contribution in [1.82, 2.24) is 0 Å². The molecule has 4 aromatic carbocycles. The Morgan fingerprint density at radius 3 is 2.11 bits per heavy atom. The minimum absolute atomic E-state index is 0.00288. The van der Waals surface area contributed by atoms with Crippen LogP contribution in [-0.2, 0) is 41.6 Å². The van der Waals surface area contributed by atoms with Crippen LogP contribution in [0, 0.1) is 17.8 Å². The van der Waals surface area contributed by atoms with Crippen LogP contribution in [0.1, 0.15) is 38.3 Å². The van der Waals surface area contributed by atoms with Gasteiger partial charge in [0.15, 0.2) is 5.79 Å². The van der Waals surface area contributed by atoms with Crippen LogP contribution in [0.5, 0.6) is 0 Å². The molecular weight excluding hydrogens is 564 g/mol. The number of benzene rings is 4. The summed E-state index contributed by atoms with van der Waals surface area (Å²) in [5.74, 6) is -0.633. The Morgan fingerprint density at radius 1 is 0.867 bits per heavy atom. The molecule has 0 bridgehead atoms. The van der Waals surface area contributed by atoms with Crippen molar-refractivity contribution in [3.05, 3.63) is 109 Å². The SMILES string of the molecule is C=C[C@@H](C)[C@H](OCc1ccc2ccccc2c1)[C@@H]1O[C@]2(C[C@H](OCc3ccc4ccccc4c3)CO2)[C@@H](C)[C@H](C)[C@H]1OCOC. The first-order chi connectivity index (χ1) is 21.9. The molecule has 2 aliphatic rings. The second kappa shape index (κ2) is 14.1. The van der Waals surface area contributed by atoms with Crippen LogP contribution < -0.4 is 0 Å². The summed E-state index contributed by atoms with van der Waals surface area (Å²) in [4.78, 5) is 0. The highest BCUT2D eigenvalue weighted by Gasteiger charge is 2.58. The van der Waals surface area contributed by atoms with E-state index in [1.807, 2.05) is 6.08 Å². The van der Waals surface area contributed by atoms with Gasteiger partial charge in [-0.25, -0.2) is 0 Å². The lowest BCUT2D eigenvalue weighted by molar-refractivity contribution is -0.346. The molecule has 0 radical (unpaired) electrons. The maximum Gasteiger partial charge on any atom is 0.174 e. The first-order valence-electron chi connectivity index (χ1n) is 16.1. The summed E-state index contributed by atoms with van der Waals surface area (Å²) in [6, 6.07) is 29.7. The molecule has 0 unspecified atom stereocenters. The Labute approximate surface area is 267 Å². The molecule has 0 N–H and O–H groups in total. The molecule has 2 saturated heterocycles. The summed E-state index contributed by atoms with van der Waals surface area (Å²) in [5, 5.41) is 4.84. The lowest BCUT2D eigenvalue weighted by Gasteiger charge is -2.52. The molecule has 0 amide bonds. The first-order valence-corrected chi connectivity index (χ1v) is 16.1. The van der Waals surface area contributed by atoms with Gasteiger partial charge in [0.05, 0.1) is 38.1 Å². The highest BCUT2D eigenvalue weighted by Crippen LogP contribution is 2.48. The smallest absolute Gasteiger partial charge is 0.174 e. The van der Waals surface area contributed by atoms with Crippen molar-refractivity contribution in [2.45, 2.75) is 70.6 Å². The number of fused-ring (bicyclic) bond motifs is 2. The third kappa shape index (κ3) is 6.87. The predicted molar refractivity (Wildman–Crippen MR) is 178 cm³/mol. The van der Waals surface area contributed by atoms with Crippen LogP contribution in [-0.4, -0.2) is 50.7 Å². The molecule has 8 atom stereocenters. The number of rotatable bonds is 12. The standard InChI is InChI=1S/C39H46O6/c1-6-26(2)36(42-23-30-16-18-32-12-8-10-14-34(32)20-30)38-37(43-25-40-5)27(3)28(4)39(45-38)21-35(24-44-39)41-22-29-15-17-31-11-7-9-13-33(31)19-29/h6-20,26-28,35-38H,1,21-25H2,2-5H3/t26-,27+,28+,35+,36+,37-,38+,39-/m1/s1. The van der Waals surface area contributed by atoms with Gasteiger partial charge in [0.2, 0.25) is 0 Å². The summed E-state index contributed by atoms with van der Waals surface area (Å²) in [6.07, 6.45) is 1.51. The Balaban J connectivity index is 1.20. The van der Waals surface area contributed by atoms with Crippen LogP contribution in [0.3, 0.4) is 0 Å². The predicted octanol–water partition coefficient (Wildman–Crippen LogP) is 8.06. The van der Waals surface area contributed by atoms with Crippen LogP contribution >= 0.6 is 0 Å². The molecule has 0 aliphatic carbocycles. The van der Waals surface area contributed by atoms with Crippen molar-refractivity contribution in [3.8, 4) is 0 Å². The van der Waals surface area contributed by atoms with Crippen molar-refractivity contribution in [3.63, 3.8) is 0 Å². The molecule has 2 heterocycles. The summed E-state index contributed by atoms with van der Waals surface area (Å²) >= 11 is 0. The van der Waals surface area contributed by atoms with E-state index in [9.17, 15) is 0 Å². The Bertz CT molecular complexity index is 1590. The van der Waals surface area contributed by atoms with Crippen molar-refractivity contribution in [2.24, 2.45) is 17.8 Å². The second-order valence-corrected chi connectivity index (χ2v) is 12.8. The molecule has 2 aliphatic heterocycles. The zero-order chi connectivity index (χ0) is 31.4. The third-order valence-corrected chi connectivity index (χ3v) is 9.83. The minimum Gasteiger partial charge on any atom is -0.371 e. The lowest BCUT2D eigenvalue weighted by atomic mass is 9.75. The van der Waals surface area contributed by atoms with E-state index in [-0.39, 0.29) is 42.9 Å². The van der Waals surface area contributed by atoms with Crippen molar-refractivity contribution in [1.29, 1.82) is 0 Å². The van der Waals surface area contributed by atoms with E-state index in [1.54, 1.807) is 7.11 Å². The highest BCUT2D eigenvalue weighted by atomic mass is 16.7. The van der Waals surface area contributed by atoms with E-state index >= 15 is 0 Å². The zero-order valence-electron chi connectivity index (χ0n) is 26.9. The quantitative estimate of drug-likeness (QED) is 0.119. The van der Waals surface area contributed by atoms with Gasteiger partial charge in [-0.3, -0.25) is 0 Å². The maximum absolute atomic E-state index is 7.06. The molecule has 0 saturated carbocycles. The van der Waals surface area contributed by atoms with Crippen molar-refractivity contribution < 1.29 is 28.4 Å². The molecule has 4 aromatic rings. The summed E-state index contributed by atoms with van der Waals surface area (Å²) in [6.45, 7) is 12.3. The fourth-order valence-electron chi connectivity index (χ4n) is 6.96. The van der Waals surface area contributed by atoms with Gasteiger partial charge in [-0.1, -0.05) is 99.6 Å². The average molecular weight is 611 g/mol. The molecular formula is C39H46O6. The largest absolute Gasteiger partial charge is 0.371 e. The molecule has 2 fully saturated rings. The van der Waals surface area contributed by atoms with Gasteiger partial charge in [0, 0.05) is 25.4 Å². The second-order valence-electron chi connectivity index (χ2n) is 12.8. The normalized spacial score (nSPS) is 28.0. The molecule has 1 spiro atoms. The molecule has 6 nitrogen and oxygen atoms in total. The lowest BCUT2D eigenvalue weighted by Crippen LogP contribution is -2.62. The van der Waals surface area contributed by atoms with Crippen LogP contribution in [0.25, 0.3) is 21.5 Å². The monoisotopic (exact) mass is 610 g/mol. The number of hydrogen-bond donors (Lipinski definition) is 0. The zero-order valence-corrected chi connectivity index (χ0v) is 26.9. The van der Waals surface area contributed by atoms with Gasteiger partial charge in [-0.15, -0.1) is 6.58 Å². The topological polar surface area (TPSA) is 55.4 Å². The van der Waals surface area contributed by atoms with Gasteiger partial charge in [-0.05, 0) is 50.7 Å². The molecule has 6 heteroatoms. The Hall–Kier alpha value is -3.10. The van der Waals surface area contributed by atoms with Crippen molar-refractivity contribution in [2.75, 3.05) is 20.5 Å². The number of hydrogen-bond acceptors (Lipinski definition) is 6. The Kier molecular flexibility index (Phi) is 10.0. The summed E-state index contributed by atoms with van der Waals surface area (Å²) < 4.78 is 38.5. The fraction of sp³-hybridized carbons (Fsp3) is 0.436. The highest BCUT2D eigenvalue weighted by molar-refractivity contribution is 5.83. The van der Waals surface area contributed by atoms with Gasteiger partial charge in [0.25, 0.3) is 0 Å². The molecule has 45 heavy (non-hydrogen) atoms. The van der Waals surface area contributed by atoms with Gasteiger partial charge < -0.3 is 28.4 Å². The van der Waals surface area contributed by atoms with E-state index in [0.29, 0.717) is 26.2 Å². The molecule has 6 rings (SSSR count). The molecule has 238 valence electrons. The first kappa shape index (κ1) is 31.9. The van der Waals surface area contributed by atoms with Crippen LogP contribution in [0.2, 0.25) is 0 Å². The van der Waals surface area contributed by atoms with E-state index in [2.05, 4.69) is 112 Å². The van der Waals surface area contributed by atoms with Crippen LogP contribution in [0.4, 0.5) is 0 Å². The van der Waals surface area contributed by atoms with E-state index < -0.39 is 11.9 Å². The average Bonchev–Trinajstić information content (AvgIpc) is 3.49. The van der Waals surface area contributed by atoms with Gasteiger partial charge >= 0.3 is 0 Å². The third-order valence-electron chi connectivity index (χ3n) is 9.83. The van der Waals surface area contributed by atoms with Crippen molar-refractivity contribution >= 4 is 21.5 Å². The van der Waals surface area contributed by atoms with E-state index in [1.165, 1.54) is 21.5 Å². The summed E-state index contributed by atoms with van der Waals surface area (Å²) in [7, 11) is 1.64. The molecule has 0 aromatic heterocycles. The fourth-order valence-corrected chi connectivity index (χ4v) is 6.96. The summed E-state index contributed by atoms with van der Waals surface area (Å²) in [5.41, 5.74) is 2.25.